The van der Waals surface area contributed by atoms with Gasteiger partial charge in [-0.3, -0.25) is 4.79 Å². The van der Waals surface area contributed by atoms with Gasteiger partial charge in [-0.1, -0.05) is 60.9 Å². The Kier molecular flexibility index (Phi) is 11.6. The molecular weight excluding hydrogens is 455 g/mol. The molecule has 0 aliphatic carbocycles. The highest BCUT2D eigenvalue weighted by atomic mass is 31.0. The summed E-state index contributed by atoms with van der Waals surface area (Å²) in [6, 6.07) is 7.86. The van der Waals surface area contributed by atoms with Crippen LogP contribution < -0.4 is 10.1 Å². The van der Waals surface area contributed by atoms with Crippen LogP contribution in [0, 0.1) is 6.92 Å². The Morgan fingerprint density at radius 2 is 1.88 bits per heavy atom. The summed E-state index contributed by atoms with van der Waals surface area (Å²) in [6.07, 6.45) is 2.75. The van der Waals surface area contributed by atoms with Crippen molar-refractivity contribution in [3.05, 3.63) is 77.1 Å². The number of hydrogen-bond acceptors (Lipinski definition) is 3. The van der Waals surface area contributed by atoms with Crippen molar-refractivity contribution in [3.63, 3.8) is 0 Å². The molecule has 0 spiro atoms. The molecule has 2 N–H and O–H groups in total. The van der Waals surface area contributed by atoms with Crippen LogP contribution in [0.2, 0.25) is 0 Å². The second kappa shape index (κ2) is 13.4. The standard InChI is InChI=1S/C25H30F2NO3P.C2H6/c1-6-15(3)14-31-24-16(4)21(18-8-10-20(11-9-18)25(26,27)32)12-19(23(24)17(5)29)13-28-22(30)7-2;1-2/h7-12,14,17,29H,2,6,13,32H2,1,3-5H3,(H,28,30);1-2H3/b15-14+;. The number of benzene rings is 2. The molecule has 0 fully saturated rings. The van der Waals surface area contributed by atoms with Crippen LogP contribution in [0.15, 0.2) is 54.8 Å². The first kappa shape index (κ1) is 29.5. The summed E-state index contributed by atoms with van der Waals surface area (Å²) in [5.41, 5.74) is 1.34. The summed E-state index contributed by atoms with van der Waals surface area (Å²) in [5.74, 6) is 0.133. The van der Waals surface area contributed by atoms with Gasteiger partial charge in [-0.15, -0.1) is 0 Å². The molecule has 0 aliphatic heterocycles. The molecule has 2 aromatic rings. The van der Waals surface area contributed by atoms with Gasteiger partial charge < -0.3 is 15.2 Å². The lowest BCUT2D eigenvalue weighted by molar-refractivity contribution is -0.116. The monoisotopic (exact) mass is 491 g/mol. The van der Waals surface area contributed by atoms with Gasteiger partial charge in [0.25, 0.3) is 5.66 Å². The van der Waals surface area contributed by atoms with E-state index in [4.69, 9.17) is 4.74 Å². The predicted molar refractivity (Wildman–Crippen MR) is 139 cm³/mol. The number of rotatable bonds is 9. The van der Waals surface area contributed by atoms with Gasteiger partial charge in [0.15, 0.2) is 0 Å². The van der Waals surface area contributed by atoms with Crippen LogP contribution in [0.3, 0.4) is 0 Å². The third-order valence-corrected chi connectivity index (χ3v) is 5.56. The number of aliphatic hydroxyl groups is 1. The molecule has 186 valence electrons. The van der Waals surface area contributed by atoms with Crippen molar-refractivity contribution >= 4 is 15.1 Å². The van der Waals surface area contributed by atoms with Crippen LogP contribution >= 0.6 is 9.24 Å². The molecule has 0 heterocycles. The molecule has 0 aliphatic rings. The van der Waals surface area contributed by atoms with E-state index >= 15 is 0 Å². The number of hydrogen-bond donors (Lipinski definition) is 2. The van der Waals surface area contributed by atoms with E-state index in [0.717, 1.165) is 28.7 Å². The molecule has 7 heteroatoms. The molecule has 0 aromatic heterocycles. The third-order valence-electron chi connectivity index (χ3n) is 5.23. The number of nitrogens with one attached hydrogen (secondary N) is 1. The topological polar surface area (TPSA) is 58.6 Å². The van der Waals surface area contributed by atoms with Gasteiger partial charge in [0.05, 0.1) is 12.4 Å². The van der Waals surface area contributed by atoms with E-state index < -0.39 is 11.8 Å². The molecule has 2 aromatic carbocycles. The van der Waals surface area contributed by atoms with E-state index in [-0.39, 0.29) is 18.0 Å². The molecule has 0 saturated heterocycles. The Hall–Kier alpha value is -2.56. The maximum absolute atomic E-state index is 13.6. The minimum absolute atomic E-state index is 0.110. The summed E-state index contributed by atoms with van der Waals surface area (Å²) in [7, 11) is 1.53. The van der Waals surface area contributed by atoms with Crippen molar-refractivity contribution in [2.75, 3.05) is 0 Å². The molecule has 2 atom stereocenters. The van der Waals surface area contributed by atoms with Gasteiger partial charge in [0.2, 0.25) is 5.91 Å². The second-order valence-electron chi connectivity index (χ2n) is 7.68. The number of carbonyl (C=O) groups is 1. The maximum Gasteiger partial charge on any atom is 0.283 e. The van der Waals surface area contributed by atoms with Gasteiger partial charge in [-0.25, -0.2) is 0 Å². The average molecular weight is 492 g/mol. The lowest BCUT2D eigenvalue weighted by Crippen LogP contribution is -2.21. The lowest BCUT2D eigenvalue weighted by atomic mass is 9.90. The predicted octanol–water partition coefficient (Wildman–Crippen LogP) is 7.16. The first-order chi connectivity index (χ1) is 16.0. The van der Waals surface area contributed by atoms with Crippen molar-refractivity contribution in [3.8, 4) is 16.9 Å². The highest BCUT2D eigenvalue weighted by Crippen LogP contribution is 2.41. The fourth-order valence-corrected chi connectivity index (χ4v) is 3.45. The molecular formula is C27H36F2NO3P. The summed E-state index contributed by atoms with van der Waals surface area (Å²) >= 11 is 0. The van der Waals surface area contributed by atoms with E-state index in [9.17, 15) is 18.7 Å². The van der Waals surface area contributed by atoms with Crippen LogP contribution in [-0.2, 0) is 17.0 Å². The molecule has 0 bridgehead atoms. The summed E-state index contributed by atoms with van der Waals surface area (Å²) in [6.45, 7) is 15.0. The molecule has 2 rings (SSSR count). The number of halogens is 2. The van der Waals surface area contributed by atoms with Crippen LogP contribution in [0.4, 0.5) is 8.78 Å². The Labute approximate surface area is 204 Å². The molecule has 0 saturated carbocycles. The fraction of sp³-hybridized carbons (Fsp3) is 0.370. The number of carbonyl (C=O) groups excluding carboxylic acids is 1. The molecule has 1 amide bonds. The average Bonchev–Trinajstić information content (AvgIpc) is 2.82. The number of amides is 1. The van der Waals surface area contributed by atoms with Gasteiger partial charge in [0, 0.05) is 17.7 Å². The highest BCUT2D eigenvalue weighted by Gasteiger charge is 2.25. The van der Waals surface area contributed by atoms with Crippen molar-refractivity contribution in [1.82, 2.24) is 5.32 Å². The maximum atomic E-state index is 13.6. The molecule has 4 nitrogen and oxygen atoms in total. The Morgan fingerprint density at radius 1 is 1.29 bits per heavy atom. The van der Waals surface area contributed by atoms with E-state index in [1.165, 1.54) is 27.4 Å². The minimum Gasteiger partial charge on any atom is -0.464 e. The number of aliphatic hydroxyl groups excluding tert-OH is 1. The van der Waals surface area contributed by atoms with Crippen molar-refractivity contribution < 1.29 is 23.4 Å². The first-order valence-electron chi connectivity index (χ1n) is 11.3. The molecule has 2 unspecified atom stereocenters. The minimum atomic E-state index is -3.01. The molecule has 34 heavy (non-hydrogen) atoms. The first-order valence-corrected chi connectivity index (χ1v) is 11.9. The SMILES string of the molecule is C=CC(=O)NCc1cc(-c2ccc(C(F)(F)P)cc2)c(C)c(O/C=C(\C)CC)c1C(C)O.CC. The zero-order chi connectivity index (χ0) is 26.1. The summed E-state index contributed by atoms with van der Waals surface area (Å²) < 4.78 is 33.3. The van der Waals surface area contributed by atoms with Gasteiger partial charge in [-0.2, -0.15) is 8.78 Å². The Balaban J connectivity index is 0.00000281. The zero-order valence-electron chi connectivity index (χ0n) is 20.8. The third kappa shape index (κ3) is 7.75. The summed E-state index contributed by atoms with van der Waals surface area (Å²) in [4.78, 5) is 11.8. The highest BCUT2D eigenvalue weighted by molar-refractivity contribution is 7.17. The fourth-order valence-electron chi connectivity index (χ4n) is 3.26. The zero-order valence-corrected chi connectivity index (χ0v) is 22.0. The van der Waals surface area contributed by atoms with Gasteiger partial charge >= 0.3 is 0 Å². The Morgan fingerprint density at radius 3 is 2.35 bits per heavy atom. The van der Waals surface area contributed by atoms with Gasteiger partial charge in [0.1, 0.15) is 5.75 Å². The molecule has 0 radical (unpaired) electrons. The van der Waals surface area contributed by atoms with Crippen LogP contribution in [0.25, 0.3) is 11.1 Å². The second-order valence-corrected chi connectivity index (χ2v) is 8.41. The van der Waals surface area contributed by atoms with E-state index in [2.05, 4.69) is 11.9 Å². The Bertz CT molecular complexity index is 1010. The van der Waals surface area contributed by atoms with Crippen LogP contribution in [-0.4, -0.2) is 11.0 Å². The largest absolute Gasteiger partial charge is 0.464 e. The summed E-state index contributed by atoms with van der Waals surface area (Å²) in [5, 5.41) is 13.3. The van der Waals surface area contributed by atoms with Crippen LogP contribution in [0.1, 0.15) is 69.4 Å². The normalized spacial score (nSPS) is 12.4. The van der Waals surface area contributed by atoms with Crippen molar-refractivity contribution in [2.24, 2.45) is 0 Å². The van der Waals surface area contributed by atoms with E-state index in [1.54, 1.807) is 25.3 Å². The van der Waals surface area contributed by atoms with Gasteiger partial charge in [-0.05, 0) is 67.2 Å². The van der Waals surface area contributed by atoms with Crippen molar-refractivity contribution in [2.45, 2.75) is 66.3 Å². The number of alkyl halides is 2. The van der Waals surface area contributed by atoms with E-state index in [1.807, 2.05) is 40.7 Å². The van der Waals surface area contributed by atoms with E-state index in [0.29, 0.717) is 16.9 Å². The number of allylic oxidation sites excluding steroid dienone is 1. The van der Waals surface area contributed by atoms with Crippen LogP contribution in [0.5, 0.6) is 5.75 Å². The van der Waals surface area contributed by atoms with Crippen molar-refractivity contribution in [1.29, 1.82) is 0 Å². The smallest absolute Gasteiger partial charge is 0.283 e. The quantitative estimate of drug-likeness (QED) is 0.222. The number of ether oxygens (including phenoxy) is 1. The lowest BCUT2D eigenvalue weighted by Gasteiger charge is -2.22.